The van der Waals surface area contributed by atoms with Crippen molar-refractivity contribution in [1.82, 2.24) is 9.62 Å². The van der Waals surface area contributed by atoms with Crippen molar-refractivity contribution in [2.75, 3.05) is 24.6 Å². The van der Waals surface area contributed by atoms with Crippen LogP contribution in [0.2, 0.25) is 5.02 Å². The molecular formula is C16H21ClN2O5S2. The van der Waals surface area contributed by atoms with E-state index in [1.165, 1.54) is 22.5 Å². The molecule has 1 aromatic carbocycles. The maximum absolute atomic E-state index is 12.8. The summed E-state index contributed by atoms with van der Waals surface area (Å²) >= 11 is 6.10. The largest absolute Gasteiger partial charge is 0.348 e. The topological polar surface area (TPSA) is 101 Å². The van der Waals surface area contributed by atoms with Crippen LogP contribution in [0.3, 0.4) is 0 Å². The zero-order chi connectivity index (χ0) is 18.9. The van der Waals surface area contributed by atoms with E-state index in [-0.39, 0.29) is 27.0 Å². The number of amides is 1. The van der Waals surface area contributed by atoms with E-state index in [9.17, 15) is 21.6 Å². The molecule has 2 aliphatic rings. The highest BCUT2D eigenvalue weighted by Gasteiger charge is 2.31. The smallest absolute Gasteiger partial charge is 0.251 e. The number of piperidine rings is 1. The summed E-state index contributed by atoms with van der Waals surface area (Å²) in [6, 6.07) is 3.64. The number of benzene rings is 1. The second kappa shape index (κ2) is 7.46. The van der Waals surface area contributed by atoms with E-state index in [2.05, 4.69) is 5.32 Å². The first-order valence-electron chi connectivity index (χ1n) is 8.50. The van der Waals surface area contributed by atoms with Crippen molar-refractivity contribution in [3.05, 3.63) is 28.8 Å². The lowest BCUT2D eigenvalue weighted by atomic mass is 10.2. The highest BCUT2D eigenvalue weighted by molar-refractivity contribution is 7.91. The van der Waals surface area contributed by atoms with Crippen LogP contribution in [-0.2, 0) is 19.9 Å². The van der Waals surface area contributed by atoms with Crippen LogP contribution in [0.1, 0.15) is 36.0 Å². The van der Waals surface area contributed by atoms with E-state index in [0.717, 1.165) is 19.3 Å². The first-order chi connectivity index (χ1) is 12.2. The summed E-state index contributed by atoms with van der Waals surface area (Å²) < 4.78 is 50.1. The first kappa shape index (κ1) is 19.6. The van der Waals surface area contributed by atoms with Crippen LogP contribution in [-0.4, -0.2) is 57.7 Å². The molecule has 0 spiro atoms. The molecule has 1 atom stereocenters. The number of carbonyl (C=O) groups is 1. The van der Waals surface area contributed by atoms with Gasteiger partial charge in [0.25, 0.3) is 5.91 Å². The van der Waals surface area contributed by atoms with Crippen LogP contribution < -0.4 is 5.32 Å². The maximum atomic E-state index is 12.8. The lowest BCUT2D eigenvalue weighted by Crippen LogP contribution is -2.37. The van der Waals surface area contributed by atoms with Gasteiger partial charge in [0.1, 0.15) is 4.90 Å². The summed E-state index contributed by atoms with van der Waals surface area (Å²) in [4.78, 5) is 12.3. The minimum absolute atomic E-state index is 0.0488. The van der Waals surface area contributed by atoms with Crippen molar-refractivity contribution >= 4 is 37.4 Å². The van der Waals surface area contributed by atoms with Gasteiger partial charge in [-0.3, -0.25) is 4.79 Å². The highest BCUT2D eigenvalue weighted by atomic mass is 35.5. The van der Waals surface area contributed by atoms with Gasteiger partial charge in [0.2, 0.25) is 10.0 Å². The number of nitrogens with one attached hydrogen (secondary N) is 1. The first-order valence-corrected chi connectivity index (χ1v) is 12.1. The summed E-state index contributed by atoms with van der Waals surface area (Å²) in [7, 11) is -6.88. The molecule has 2 saturated heterocycles. The molecule has 3 rings (SSSR count). The number of hydrogen-bond acceptors (Lipinski definition) is 5. The summed E-state index contributed by atoms with van der Waals surface area (Å²) in [6.07, 6.45) is 2.95. The zero-order valence-corrected chi connectivity index (χ0v) is 16.5. The van der Waals surface area contributed by atoms with Gasteiger partial charge in [-0.25, -0.2) is 16.8 Å². The predicted molar refractivity (Wildman–Crippen MR) is 98.6 cm³/mol. The Bertz CT molecular complexity index is 909. The van der Waals surface area contributed by atoms with Gasteiger partial charge in [0, 0.05) is 24.7 Å². The molecule has 0 bridgehead atoms. The molecule has 7 nitrogen and oxygen atoms in total. The third-order valence-corrected chi connectivity index (χ3v) is 8.84. The quantitative estimate of drug-likeness (QED) is 0.794. The molecule has 1 aromatic rings. The van der Waals surface area contributed by atoms with Gasteiger partial charge in [-0.1, -0.05) is 18.0 Å². The lowest BCUT2D eigenvalue weighted by molar-refractivity contribution is 0.0941. The molecule has 2 aliphatic heterocycles. The Morgan fingerprint density at radius 2 is 1.88 bits per heavy atom. The molecule has 0 aliphatic carbocycles. The minimum Gasteiger partial charge on any atom is -0.348 e. The van der Waals surface area contributed by atoms with Crippen molar-refractivity contribution < 1.29 is 21.6 Å². The number of hydrogen-bond donors (Lipinski definition) is 1. The fraction of sp³-hybridized carbons (Fsp3) is 0.562. The molecule has 0 saturated carbocycles. The Kier molecular flexibility index (Phi) is 5.62. The van der Waals surface area contributed by atoms with Gasteiger partial charge in [-0.05, 0) is 37.5 Å². The second-order valence-electron chi connectivity index (χ2n) is 6.68. The number of carbonyl (C=O) groups excluding carboxylic acids is 1. The van der Waals surface area contributed by atoms with Crippen LogP contribution in [0.25, 0.3) is 0 Å². The second-order valence-corrected chi connectivity index (χ2v) is 11.2. The number of rotatable bonds is 4. The number of nitrogens with zero attached hydrogens (tertiary/aromatic N) is 1. The maximum Gasteiger partial charge on any atom is 0.251 e. The van der Waals surface area contributed by atoms with Crippen LogP contribution in [0, 0.1) is 0 Å². The fourth-order valence-corrected chi connectivity index (χ4v) is 6.96. The fourth-order valence-electron chi connectivity index (χ4n) is 3.26. The van der Waals surface area contributed by atoms with Gasteiger partial charge in [0.15, 0.2) is 9.84 Å². The molecule has 1 N–H and O–H groups in total. The van der Waals surface area contributed by atoms with Crippen LogP contribution in [0.5, 0.6) is 0 Å². The standard InChI is InChI=1S/C16H21ClN2O5S2/c17-14-5-4-12(16(20)18-13-6-9-25(21,22)11-13)10-15(14)26(23,24)19-7-2-1-3-8-19/h4-5,10,13H,1-3,6-9,11H2,(H,18,20)/t13-/m0/s1. The van der Waals surface area contributed by atoms with Gasteiger partial charge in [0.05, 0.1) is 16.5 Å². The molecule has 0 aromatic heterocycles. The van der Waals surface area contributed by atoms with E-state index in [4.69, 9.17) is 11.6 Å². The van der Waals surface area contributed by atoms with Gasteiger partial charge < -0.3 is 5.32 Å². The average Bonchev–Trinajstić information content (AvgIpc) is 2.94. The van der Waals surface area contributed by atoms with Crippen LogP contribution in [0.4, 0.5) is 0 Å². The minimum atomic E-state index is -3.77. The van der Waals surface area contributed by atoms with Gasteiger partial charge in [-0.15, -0.1) is 0 Å². The summed E-state index contributed by atoms with van der Waals surface area (Å²) in [6.45, 7) is 0.879. The highest BCUT2D eigenvalue weighted by Crippen LogP contribution is 2.28. The molecule has 26 heavy (non-hydrogen) atoms. The van der Waals surface area contributed by atoms with Crippen LogP contribution >= 0.6 is 11.6 Å². The zero-order valence-electron chi connectivity index (χ0n) is 14.1. The number of halogens is 1. The lowest BCUT2D eigenvalue weighted by Gasteiger charge is -2.26. The van der Waals surface area contributed by atoms with Crippen molar-refractivity contribution in [1.29, 1.82) is 0 Å². The summed E-state index contributed by atoms with van der Waals surface area (Å²) in [5.74, 6) is -0.544. The normalized spacial score (nSPS) is 23.7. The van der Waals surface area contributed by atoms with E-state index in [1.54, 1.807) is 0 Å². The Morgan fingerprint density at radius 3 is 2.50 bits per heavy atom. The molecule has 0 unspecified atom stereocenters. The SMILES string of the molecule is O=C(N[C@H]1CCS(=O)(=O)C1)c1ccc(Cl)c(S(=O)(=O)N2CCCCC2)c1. The van der Waals surface area contributed by atoms with Crippen molar-refractivity contribution in [3.63, 3.8) is 0 Å². The average molecular weight is 421 g/mol. The van der Waals surface area contributed by atoms with E-state index in [0.29, 0.717) is 19.5 Å². The molecule has 1 amide bonds. The molecule has 144 valence electrons. The Labute approximate surface area is 158 Å². The Morgan fingerprint density at radius 1 is 1.19 bits per heavy atom. The predicted octanol–water partition coefficient (Wildman–Crippen LogP) is 1.43. The monoisotopic (exact) mass is 420 g/mol. The van der Waals surface area contributed by atoms with Gasteiger partial charge in [-0.2, -0.15) is 4.31 Å². The summed E-state index contributed by atoms with van der Waals surface area (Å²) in [5, 5.41) is 2.72. The van der Waals surface area contributed by atoms with Crippen molar-refractivity contribution in [2.45, 2.75) is 36.6 Å². The van der Waals surface area contributed by atoms with E-state index in [1.807, 2.05) is 0 Å². The van der Waals surface area contributed by atoms with E-state index >= 15 is 0 Å². The van der Waals surface area contributed by atoms with E-state index < -0.39 is 31.8 Å². The molecular weight excluding hydrogens is 400 g/mol. The van der Waals surface area contributed by atoms with Crippen molar-refractivity contribution in [2.24, 2.45) is 0 Å². The molecule has 2 heterocycles. The summed E-state index contributed by atoms with van der Waals surface area (Å²) in [5.41, 5.74) is 0.147. The van der Waals surface area contributed by atoms with Crippen LogP contribution in [0.15, 0.2) is 23.1 Å². The Hall–Kier alpha value is -1.16. The number of sulfone groups is 1. The number of sulfonamides is 1. The molecule has 10 heteroatoms. The van der Waals surface area contributed by atoms with Crippen molar-refractivity contribution in [3.8, 4) is 0 Å². The molecule has 2 fully saturated rings. The third-order valence-electron chi connectivity index (χ3n) is 4.69. The third kappa shape index (κ3) is 4.21. The molecule has 0 radical (unpaired) electrons. The Balaban J connectivity index is 1.82. The van der Waals surface area contributed by atoms with Gasteiger partial charge >= 0.3 is 0 Å².